The molecule has 0 saturated carbocycles. The maximum absolute atomic E-state index is 12.7. The number of para-hydroxylation sites is 1. The standard InChI is InChI=1S/C27H30N6O2/c34-27(29-19-21-6-2-1-3-7-21)18-22-20-33(24-9-5-4-8-23(22)24)26-11-10-25(30-31-26)28-12-13-32-14-16-35-17-15-32/h1-11,20H,12-19H2,(H,28,30)(H,29,34). The number of anilines is 1. The van der Waals surface area contributed by atoms with Crippen LogP contribution < -0.4 is 10.6 Å². The van der Waals surface area contributed by atoms with Crippen LogP contribution in [0.5, 0.6) is 0 Å². The van der Waals surface area contributed by atoms with E-state index in [0.29, 0.717) is 13.0 Å². The summed E-state index contributed by atoms with van der Waals surface area (Å²) in [6.45, 7) is 5.82. The van der Waals surface area contributed by atoms with Gasteiger partial charge in [-0.3, -0.25) is 14.3 Å². The molecule has 2 aromatic carbocycles. The summed E-state index contributed by atoms with van der Waals surface area (Å²) < 4.78 is 7.39. The van der Waals surface area contributed by atoms with Crippen LogP contribution in [0.4, 0.5) is 5.82 Å². The topological polar surface area (TPSA) is 84.3 Å². The first-order valence-corrected chi connectivity index (χ1v) is 12.0. The van der Waals surface area contributed by atoms with Crippen LogP contribution in [0.2, 0.25) is 0 Å². The second kappa shape index (κ2) is 11.1. The maximum atomic E-state index is 12.7. The lowest BCUT2D eigenvalue weighted by Crippen LogP contribution is -2.39. The molecule has 0 aliphatic carbocycles. The van der Waals surface area contributed by atoms with E-state index in [4.69, 9.17) is 4.74 Å². The fourth-order valence-corrected chi connectivity index (χ4v) is 4.33. The summed E-state index contributed by atoms with van der Waals surface area (Å²) >= 11 is 0. The fraction of sp³-hybridized carbons (Fsp3) is 0.296. The Labute approximate surface area is 204 Å². The number of hydrogen-bond acceptors (Lipinski definition) is 6. The van der Waals surface area contributed by atoms with Crippen molar-refractivity contribution in [1.29, 1.82) is 0 Å². The van der Waals surface area contributed by atoms with E-state index in [9.17, 15) is 4.79 Å². The highest BCUT2D eigenvalue weighted by Gasteiger charge is 2.14. The van der Waals surface area contributed by atoms with Crippen LogP contribution in [0.25, 0.3) is 16.7 Å². The van der Waals surface area contributed by atoms with Gasteiger partial charge in [-0.1, -0.05) is 48.5 Å². The number of fused-ring (bicyclic) bond motifs is 1. The third kappa shape index (κ3) is 5.85. The summed E-state index contributed by atoms with van der Waals surface area (Å²) in [5, 5.41) is 16.2. The Morgan fingerprint density at radius 2 is 1.74 bits per heavy atom. The molecule has 1 fully saturated rings. The second-order valence-corrected chi connectivity index (χ2v) is 8.64. The zero-order chi connectivity index (χ0) is 23.9. The molecule has 0 bridgehead atoms. The zero-order valence-corrected chi connectivity index (χ0v) is 19.7. The number of amides is 1. The largest absolute Gasteiger partial charge is 0.379 e. The molecule has 1 aliphatic heterocycles. The predicted octanol–water partition coefficient (Wildman–Crippen LogP) is 3.02. The summed E-state index contributed by atoms with van der Waals surface area (Å²) in [7, 11) is 0. The molecule has 8 heteroatoms. The molecule has 35 heavy (non-hydrogen) atoms. The molecule has 8 nitrogen and oxygen atoms in total. The summed E-state index contributed by atoms with van der Waals surface area (Å²) in [6, 6.07) is 21.9. The molecule has 1 saturated heterocycles. The highest BCUT2D eigenvalue weighted by atomic mass is 16.5. The van der Waals surface area contributed by atoms with Crippen molar-refractivity contribution in [3.05, 3.63) is 84.1 Å². The molecule has 180 valence electrons. The summed E-state index contributed by atoms with van der Waals surface area (Å²) in [6.07, 6.45) is 2.29. The average Bonchev–Trinajstić information content (AvgIpc) is 3.27. The molecule has 1 aliphatic rings. The van der Waals surface area contributed by atoms with E-state index in [-0.39, 0.29) is 5.91 Å². The van der Waals surface area contributed by atoms with Gasteiger partial charge in [0.2, 0.25) is 5.91 Å². The van der Waals surface area contributed by atoms with Crippen LogP contribution in [0.1, 0.15) is 11.1 Å². The third-order valence-corrected chi connectivity index (χ3v) is 6.21. The van der Waals surface area contributed by atoms with Crippen molar-refractivity contribution >= 4 is 22.6 Å². The molecule has 4 aromatic rings. The minimum absolute atomic E-state index is 0.0114. The van der Waals surface area contributed by atoms with E-state index in [1.807, 2.05) is 77.5 Å². The lowest BCUT2D eigenvalue weighted by molar-refractivity contribution is -0.120. The van der Waals surface area contributed by atoms with Crippen LogP contribution in [0, 0.1) is 0 Å². The lowest BCUT2D eigenvalue weighted by Gasteiger charge is -2.26. The van der Waals surface area contributed by atoms with Gasteiger partial charge in [-0.05, 0) is 29.3 Å². The van der Waals surface area contributed by atoms with Gasteiger partial charge in [0.15, 0.2) is 5.82 Å². The molecular formula is C27H30N6O2. The van der Waals surface area contributed by atoms with E-state index in [0.717, 1.165) is 73.1 Å². The Morgan fingerprint density at radius 1 is 0.943 bits per heavy atom. The molecule has 0 unspecified atom stereocenters. The Balaban J connectivity index is 1.24. The number of hydrogen-bond donors (Lipinski definition) is 2. The van der Waals surface area contributed by atoms with Crippen LogP contribution in [0.3, 0.4) is 0 Å². The molecular weight excluding hydrogens is 440 g/mol. The van der Waals surface area contributed by atoms with Gasteiger partial charge in [-0.25, -0.2) is 0 Å². The highest BCUT2D eigenvalue weighted by Crippen LogP contribution is 2.24. The Hall–Kier alpha value is -3.75. The zero-order valence-electron chi connectivity index (χ0n) is 19.7. The highest BCUT2D eigenvalue weighted by molar-refractivity contribution is 5.90. The molecule has 0 atom stereocenters. The van der Waals surface area contributed by atoms with Crippen LogP contribution in [0.15, 0.2) is 72.9 Å². The van der Waals surface area contributed by atoms with E-state index >= 15 is 0 Å². The summed E-state index contributed by atoms with van der Waals surface area (Å²) in [4.78, 5) is 15.0. The number of benzene rings is 2. The molecule has 2 N–H and O–H groups in total. The number of nitrogens with one attached hydrogen (secondary N) is 2. The Morgan fingerprint density at radius 3 is 2.54 bits per heavy atom. The van der Waals surface area contributed by atoms with E-state index in [2.05, 4.69) is 25.7 Å². The lowest BCUT2D eigenvalue weighted by atomic mass is 10.1. The minimum Gasteiger partial charge on any atom is -0.379 e. The van der Waals surface area contributed by atoms with Crippen molar-refractivity contribution in [2.45, 2.75) is 13.0 Å². The van der Waals surface area contributed by atoms with Gasteiger partial charge in [0.05, 0.1) is 25.2 Å². The van der Waals surface area contributed by atoms with Gasteiger partial charge in [0.1, 0.15) is 5.82 Å². The van der Waals surface area contributed by atoms with Crippen molar-refractivity contribution < 1.29 is 9.53 Å². The van der Waals surface area contributed by atoms with E-state index < -0.39 is 0 Å². The maximum Gasteiger partial charge on any atom is 0.224 e. The molecule has 1 amide bonds. The first-order valence-electron chi connectivity index (χ1n) is 12.0. The number of carbonyl (C=O) groups excluding carboxylic acids is 1. The molecule has 0 spiro atoms. The van der Waals surface area contributed by atoms with Crippen molar-refractivity contribution in [2.75, 3.05) is 44.7 Å². The van der Waals surface area contributed by atoms with Gasteiger partial charge in [-0.2, -0.15) is 0 Å². The first kappa shape index (κ1) is 23.0. The molecule has 3 heterocycles. The summed E-state index contributed by atoms with van der Waals surface area (Å²) in [5.74, 6) is 1.46. The number of morpholine rings is 1. The molecule has 2 aromatic heterocycles. The van der Waals surface area contributed by atoms with Gasteiger partial charge >= 0.3 is 0 Å². The number of carbonyl (C=O) groups is 1. The van der Waals surface area contributed by atoms with Gasteiger partial charge in [0.25, 0.3) is 0 Å². The van der Waals surface area contributed by atoms with Gasteiger partial charge < -0.3 is 15.4 Å². The Bertz CT molecular complexity index is 1250. The van der Waals surface area contributed by atoms with Crippen molar-refractivity contribution in [3.63, 3.8) is 0 Å². The normalized spacial score (nSPS) is 14.2. The molecule has 0 radical (unpaired) electrons. The quantitative estimate of drug-likeness (QED) is 0.391. The third-order valence-electron chi connectivity index (χ3n) is 6.21. The van der Waals surface area contributed by atoms with Crippen molar-refractivity contribution in [3.8, 4) is 5.82 Å². The number of nitrogens with zero attached hydrogens (tertiary/aromatic N) is 4. The van der Waals surface area contributed by atoms with Crippen LogP contribution in [-0.2, 0) is 22.5 Å². The monoisotopic (exact) mass is 470 g/mol. The van der Waals surface area contributed by atoms with Crippen LogP contribution in [-0.4, -0.2) is 65.0 Å². The Kier molecular flexibility index (Phi) is 7.31. The average molecular weight is 471 g/mol. The predicted molar refractivity (Wildman–Crippen MR) is 137 cm³/mol. The molecule has 5 rings (SSSR count). The van der Waals surface area contributed by atoms with Gasteiger partial charge in [-0.15, -0.1) is 10.2 Å². The first-order chi connectivity index (χ1) is 17.3. The fourth-order valence-electron chi connectivity index (χ4n) is 4.33. The SMILES string of the molecule is O=C(Cc1cn(-c2ccc(NCCN3CCOCC3)nn2)c2ccccc12)NCc1ccccc1. The summed E-state index contributed by atoms with van der Waals surface area (Å²) in [5.41, 5.74) is 3.04. The van der Waals surface area contributed by atoms with Crippen molar-refractivity contribution in [2.24, 2.45) is 0 Å². The van der Waals surface area contributed by atoms with Gasteiger partial charge in [0, 0.05) is 44.3 Å². The smallest absolute Gasteiger partial charge is 0.224 e. The minimum atomic E-state index is -0.0114. The number of rotatable bonds is 9. The second-order valence-electron chi connectivity index (χ2n) is 8.64. The number of aromatic nitrogens is 3. The van der Waals surface area contributed by atoms with E-state index in [1.54, 1.807) is 0 Å². The van der Waals surface area contributed by atoms with Crippen molar-refractivity contribution in [1.82, 2.24) is 25.0 Å². The van der Waals surface area contributed by atoms with E-state index in [1.165, 1.54) is 0 Å². The van der Waals surface area contributed by atoms with Crippen LogP contribution >= 0.6 is 0 Å². The number of ether oxygens (including phenoxy) is 1.